The molecular weight excluding hydrogens is 438 g/mol. The summed E-state index contributed by atoms with van der Waals surface area (Å²) in [6, 6.07) is 14.5. The van der Waals surface area contributed by atoms with Crippen LogP contribution < -0.4 is 15.0 Å². The Kier molecular flexibility index (Phi) is 7.83. The van der Waals surface area contributed by atoms with Crippen LogP contribution in [0.25, 0.3) is 6.08 Å². The number of aromatic nitrogens is 1. The van der Waals surface area contributed by atoms with Gasteiger partial charge >= 0.3 is 0 Å². The van der Waals surface area contributed by atoms with Crippen LogP contribution in [-0.4, -0.2) is 55.1 Å². The van der Waals surface area contributed by atoms with Crippen LogP contribution in [0.4, 0.5) is 14.5 Å². The summed E-state index contributed by atoms with van der Waals surface area (Å²) in [4.78, 5) is 20.6. The lowest BCUT2D eigenvalue weighted by Gasteiger charge is -2.36. The van der Waals surface area contributed by atoms with Gasteiger partial charge in [-0.3, -0.25) is 14.7 Å². The number of hydrogen-bond acceptors (Lipinski definition) is 5. The maximum Gasteiger partial charge on any atom is 0.244 e. The van der Waals surface area contributed by atoms with Crippen LogP contribution in [0, 0.1) is 11.6 Å². The van der Waals surface area contributed by atoms with Crippen LogP contribution in [0.1, 0.15) is 5.56 Å². The highest BCUT2D eigenvalue weighted by molar-refractivity contribution is 5.91. The Morgan fingerprint density at radius 1 is 1.06 bits per heavy atom. The molecule has 1 fully saturated rings. The van der Waals surface area contributed by atoms with Crippen molar-refractivity contribution in [2.45, 2.75) is 0 Å². The number of hydrogen-bond donors (Lipinski definition) is 1. The number of amides is 1. The van der Waals surface area contributed by atoms with E-state index in [0.29, 0.717) is 17.9 Å². The Morgan fingerprint density at radius 2 is 1.85 bits per heavy atom. The molecule has 2 aromatic carbocycles. The minimum Gasteiger partial charge on any atom is -0.453 e. The average molecular weight is 465 g/mol. The molecule has 1 N–H and O–H groups in total. The number of nitrogens with one attached hydrogen (secondary N) is 1. The van der Waals surface area contributed by atoms with Gasteiger partial charge in [-0.2, -0.15) is 0 Å². The molecule has 2 heterocycles. The monoisotopic (exact) mass is 464 g/mol. The molecule has 1 aliphatic rings. The molecule has 4 rings (SSSR count). The van der Waals surface area contributed by atoms with E-state index in [1.807, 2.05) is 0 Å². The second-order valence-corrected chi connectivity index (χ2v) is 7.91. The summed E-state index contributed by atoms with van der Waals surface area (Å²) in [7, 11) is 0. The fourth-order valence-corrected chi connectivity index (χ4v) is 3.69. The fraction of sp³-hybridized carbons (Fsp3) is 0.231. The minimum absolute atomic E-state index is 0.0918. The summed E-state index contributed by atoms with van der Waals surface area (Å²) in [5.41, 5.74) is 1.58. The highest BCUT2D eigenvalue weighted by Crippen LogP contribution is 2.24. The number of halogens is 2. The predicted molar refractivity (Wildman–Crippen MR) is 128 cm³/mol. The molecule has 6 nitrogen and oxygen atoms in total. The largest absolute Gasteiger partial charge is 0.453 e. The maximum absolute atomic E-state index is 14.3. The molecule has 176 valence electrons. The molecule has 0 aliphatic carbocycles. The molecule has 0 unspecified atom stereocenters. The van der Waals surface area contributed by atoms with E-state index in [0.717, 1.165) is 38.4 Å². The molecule has 0 bridgehead atoms. The standard InChI is InChI=1S/C26H26F2N4O2/c27-21-5-7-22(8-6-21)32-16-14-31(15-17-32)13-12-30-26(33)10-4-20-3-9-25(24(28)18-20)34-23-2-1-11-29-19-23/h1-11,18-19H,12-17H2,(H,30,33)/b10-4+. The average Bonchev–Trinajstić information content (AvgIpc) is 2.86. The Hall–Kier alpha value is -3.78. The van der Waals surface area contributed by atoms with Crippen molar-refractivity contribution in [3.05, 3.63) is 90.3 Å². The third-order valence-electron chi connectivity index (χ3n) is 5.54. The van der Waals surface area contributed by atoms with Gasteiger partial charge in [0.2, 0.25) is 5.91 Å². The number of carbonyl (C=O) groups is 1. The maximum atomic E-state index is 14.3. The van der Waals surface area contributed by atoms with E-state index in [9.17, 15) is 13.6 Å². The van der Waals surface area contributed by atoms with Crippen LogP contribution in [0.5, 0.6) is 11.5 Å². The Bertz CT molecular complexity index is 1120. The smallest absolute Gasteiger partial charge is 0.244 e. The second kappa shape index (κ2) is 11.4. The van der Waals surface area contributed by atoms with Gasteiger partial charge in [0.25, 0.3) is 0 Å². The first kappa shape index (κ1) is 23.4. The van der Waals surface area contributed by atoms with Crippen molar-refractivity contribution in [1.82, 2.24) is 15.2 Å². The highest BCUT2D eigenvalue weighted by atomic mass is 19.1. The van der Waals surface area contributed by atoms with Crippen molar-refractivity contribution in [2.75, 3.05) is 44.2 Å². The normalized spacial score (nSPS) is 14.4. The zero-order valence-corrected chi connectivity index (χ0v) is 18.7. The number of ether oxygens (including phenoxy) is 1. The van der Waals surface area contributed by atoms with Gasteiger partial charge < -0.3 is 15.0 Å². The molecule has 1 saturated heterocycles. The number of anilines is 1. The first-order chi connectivity index (χ1) is 16.6. The molecule has 0 radical (unpaired) electrons. The number of carbonyl (C=O) groups excluding carboxylic acids is 1. The van der Waals surface area contributed by atoms with Crippen LogP contribution >= 0.6 is 0 Å². The first-order valence-electron chi connectivity index (χ1n) is 11.1. The molecule has 3 aromatic rings. The summed E-state index contributed by atoms with van der Waals surface area (Å²) in [6.45, 7) is 4.71. The summed E-state index contributed by atoms with van der Waals surface area (Å²) in [5, 5.41) is 2.86. The lowest BCUT2D eigenvalue weighted by molar-refractivity contribution is -0.116. The van der Waals surface area contributed by atoms with Crippen LogP contribution in [0.3, 0.4) is 0 Å². The van der Waals surface area contributed by atoms with Crippen LogP contribution in [-0.2, 0) is 4.79 Å². The summed E-state index contributed by atoms with van der Waals surface area (Å²) < 4.78 is 32.9. The topological polar surface area (TPSA) is 57.7 Å². The fourth-order valence-electron chi connectivity index (χ4n) is 3.69. The van der Waals surface area contributed by atoms with Crippen molar-refractivity contribution in [3.63, 3.8) is 0 Å². The third kappa shape index (κ3) is 6.62. The molecule has 0 spiro atoms. The Morgan fingerprint density at radius 3 is 2.56 bits per heavy atom. The lowest BCUT2D eigenvalue weighted by atomic mass is 10.2. The van der Waals surface area contributed by atoms with E-state index in [-0.39, 0.29) is 17.5 Å². The third-order valence-corrected chi connectivity index (χ3v) is 5.54. The minimum atomic E-state index is -0.522. The van der Waals surface area contributed by atoms with Crippen molar-refractivity contribution < 1.29 is 18.3 Å². The number of nitrogens with zero attached hydrogens (tertiary/aromatic N) is 3. The van der Waals surface area contributed by atoms with E-state index < -0.39 is 5.82 Å². The molecule has 34 heavy (non-hydrogen) atoms. The predicted octanol–water partition coefficient (Wildman–Crippen LogP) is 4.10. The Labute approximate surface area is 197 Å². The molecule has 0 saturated carbocycles. The van der Waals surface area contributed by atoms with Crippen molar-refractivity contribution in [1.29, 1.82) is 0 Å². The molecule has 0 atom stereocenters. The molecule has 1 aliphatic heterocycles. The zero-order valence-electron chi connectivity index (χ0n) is 18.7. The number of benzene rings is 2. The van der Waals surface area contributed by atoms with Gasteiger partial charge in [0.1, 0.15) is 11.6 Å². The lowest BCUT2D eigenvalue weighted by Crippen LogP contribution is -2.48. The summed E-state index contributed by atoms with van der Waals surface area (Å²) in [6.07, 6.45) is 6.07. The van der Waals surface area contributed by atoms with Crippen LogP contribution in [0.2, 0.25) is 0 Å². The van der Waals surface area contributed by atoms with E-state index in [1.54, 1.807) is 42.6 Å². The second-order valence-electron chi connectivity index (χ2n) is 7.91. The molecular formula is C26H26F2N4O2. The van der Waals surface area contributed by atoms with E-state index in [4.69, 9.17) is 4.74 Å². The van der Waals surface area contributed by atoms with Gasteiger partial charge in [0.15, 0.2) is 11.6 Å². The number of pyridine rings is 1. The van der Waals surface area contributed by atoms with Gasteiger partial charge in [0, 0.05) is 57.2 Å². The van der Waals surface area contributed by atoms with Crippen LogP contribution in [0.15, 0.2) is 73.1 Å². The van der Waals surface area contributed by atoms with Crippen molar-refractivity contribution in [2.24, 2.45) is 0 Å². The van der Waals surface area contributed by atoms with Gasteiger partial charge in [-0.15, -0.1) is 0 Å². The first-order valence-corrected chi connectivity index (χ1v) is 11.1. The van der Waals surface area contributed by atoms with Gasteiger partial charge in [0.05, 0.1) is 6.20 Å². The summed E-state index contributed by atoms with van der Waals surface area (Å²) in [5.74, 6) is -0.452. The number of rotatable bonds is 8. The van der Waals surface area contributed by atoms with E-state index in [1.165, 1.54) is 36.5 Å². The van der Waals surface area contributed by atoms with E-state index >= 15 is 0 Å². The number of piperazine rings is 1. The van der Waals surface area contributed by atoms with E-state index in [2.05, 4.69) is 20.1 Å². The Balaban J connectivity index is 1.18. The molecule has 1 aromatic heterocycles. The summed E-state index contributed by atoms with van der Waals surface area (Å²) >= 11 is 0. The quantitative estimate of drug-likeness (QED) is 0.509. The van der Waals surface area contributed by atoms with Gasteiger partial charge in [-0.05, 0) is 60.2 Å². The SMILES string of the molecule is O=C(/C=C/c1ccc(Oc2cccnc2)c(F)c1)NCCN1CCN(c2ccc(F)cc2)CC1. The zero-order chi connectivity index (χ0) is 23.8. The van der Waals surface area contributed by atoms with Gasteiger partial charge in [-0.25, -0.2) is 8.78 Å². The highest BCUT2D eigenvalue weighted by Gasteiger charge is 2.17. The van der Waals surface area contributed by atoms with Crippen molar-refractivity contribution >= 4 is 17.7 Å². The molecule has 1 amide bonds. The van der Waals surface area contributed by atoms with Gasteiger partial charge in [-0.1, -0.05) is 6.07 Å². The molecule has 8 heteroatoms. The van der Waals surface area contributed by atoms with Crippen molar-refractivity contribution in [3.8, 4) is 11.5 Å².